The summed E-state index contributed by atoms with van der Waals surface area (Å²) in [4.78, 5) is 19.0. The lowest BCUT2D eigenvalue weighted by Gasteiger charge is -2.23. The minimum Gasteiger partial charge on any atom is -0.468 e. The van der Waals surface area contributed by atoms with Gasteiger partial charge in [0, 0.05) is 6.54 Å². The number of furan rings is 1. The molecular weight excluding hydrogens is 234 g/mol. The Labute approximate surface area is 106 Å². The van der Waals surface area contributed by atoms with Crippen LogP contribution in [0.25, 0.3) is 0 Å². The first-order chi connectivity index (χ1) is 8.68. The van der Waals surface area contributed by atoms with Crippen molar-refractivity contribution in [2.45, 2.75) is 12.5 Å². The number of hydrogen-bond donors (Lipinski definition) is 1. The number of hydrogen-bond acceptors (Lipinski definition) is 4. The van der Waals surface area contributed by atoms with Crippen LogP contribution >= 0.6 is 0 Å². The fourth-order valence-electron chi connectivity index (χ4n) is 1.90. The van der Waals surface area contributed by atoms with Gasteiger partial charge in [-0.25, -0.2) is 9.86 Å². The van der Waals surface area contributed by atoms with Gasteiger partial charge in [0.1, 0.15) is 5.76 Å². The van der Waals surface area contributed by atoms with E-state index in [1.165, 1.54) is 5.06 Å². The maximum absolute atomic E-state index is 11.8. The topological polar surface area (TPSA) is 58.0 Å². The quantitative estimate of drug-likeness (QED) is 0.876. The van der Waals surface area contributed by atoms with E-state index in [0.717, 1.165) is 12.2 Å². The summed E-state index contributed by atoms with van der Waals surface area (Å²) in [6.45, 7) is 1.75. The highest BCUT2D eigenvalue weighted by atomic mass is 16.7. The van der Waals surface area contributed by atoms with E-state index in [1.807, 2.05) is 31.1 Å². The third-order valence-electron chi connectivity index (χ3n) is 2.92. The van der Waals surface area contributed by atoms with Crippen LogP contribution in [0.1, 0.15) is 18.2 Å². The fraction of sp³-hybridized carbons (Fsp3) is 0.583. The molecule has 1 N–H and O–H groups in total. The number of carbonyl (C=O) groups is 1. The molecular formula is C12H19N3O3. The number of amides is 2. The normalized spacial score (nSPS) is 17.2. The lowest BCUT2D eigenvalue weighted by molar-refractivity contribution is -0.0665. The second-order valence-corrected chi connectivity index (χ2v) is 4.47. The van der Waals surface area contributed by atoms with Gasteiger partial charge in [0.05, 0.1) is 25.5 Å². The molecule has 1 aromatic heterocycles. The van der Waals surface area contributed by atoms with Crippen molar-refractivity contribution in [1.82, 2.24) is 15.3 Å². The van der Waals surface area contributed by atoms with Gasteiger partial charge in [-0.05, 0) is 32.6 Å². The molecule has 1 atom stereocenters. The van der Waals surface area contributed by atoms with Gasteiger partial charge >= 0.3 is 6.03 Å². The Bertz CT molecular complexity index is 372. The summed E-state index contributed by atoms with van der Waals surface area (Å²) in [5.74, 6) is 0.836. The SMILES string of the molecule is CN(C)[C@H](CNC(=O)N1CCCO1)c1ccco1. The van der Waals surface area contributed by atoms with E-state index in [2.05, 4.69) is 5.32 Å². The van der Waals surface area contributed by atoms with Crippen molar-refractivity contribution in [1.29, 1.82) is 0 Å². The summed E-state index contributed by atoms with van der Waals surface area (Å²) in [6.07, 6.45) is 2.53. The van der Waals surface area contributed by atoms with E-state index < -0.39 is 0 Å². The van der Waals surface area contributed by atoms with Crippen molar-refractivity contribution in [2.75, 3.05) is 33.8 Å². The zero-order valence-corrected chi connectivity index (χ0v) is 10.8. The minimum absolute atomic E-state index is 0.0200. The van der Waals surface area contributed by atoms with E-state index in [1.54, 1.807) is 6.26 Å². The van der Waals surface area contributed by atoms with Crippen LogP contribution in [-0.2, 0) is 4.84 Å². The van der Waals surface area contributed by atoms with Gasteiger partial charge in [-0.15, -0.1) is 0 Å². The van der Waals surface area contributed by atoms with Gasteiger partial charge in [-0.2, -0.15) is 0 Å². The number of rotatable bonds is 4. The van der Waals surface area contributed by atoms with E-state index >= 15 is 0 Å². The fourth-order valence-corrected chi connectivity index (χ4v) is 1.90. The van der Waals surface area contributed by atoms with Crippen LogP contribution in [0.3, 0.4) is 0 Å². The molecule has 1 saturated heterocycles. The first-order valence-corrected chi connectivity index (χ1v) is 6.06. The highest BCUT2D eigenvalue weighted by Gasteiger charge is 2.22. The largest absolute Gasteiger partial charge is 0.468 e. The van der Waals surface area contributed by atoms with Crippen LogP contribution in [-0.4, -0.2) is 49.8 Å². The van der Waals surface area contributed by atoms with Crippen LogP contribution < -0.4 is 5.32 Å². The Morgan fingerprint density at radius 3 is 3.00 bits per heavy atom. The minimum atomic E-state index is -0.189. The third kappa shape index (κ3) is 3.02. The number of nitrogens with one attached hydrogen (secondary N) is 1. The second-order valence-electron chi connectivity index (χ2n) is 4.47. The van der Waals surface area contributed by atoms with Crippen molar-refractivity contribution in [3.63, 3.8) is 0 Å². The Hall–Kier alpha value is -1.53. The smallest absolute Gasteiger partial charge is 0.341 e. The van der Waals surface area contributed by atoms with Crippen LogP contribution in [0.4, 0.5) is 4.79 Å². The summed E-state index contributed by atoms with van der Waals surface area (Å²) in [6, 6.07) is 3.58. The maximum atomic E-state index is 11.8. The molecule has 2 heterocycles. The van der Waals surface area contributed by atoms with Gasteiger partial charge in [-0.3, -0.25) is 9.74 Å². The standard InChI is InChI=1S/C12H19N3O3/c1-14(2)10(11-5-3-7-17-11)9-13-12(16)15-6-4-8-18-15/h3,5,7,10H,4,6,8-9H2,1-2H3,(H,13,16)/t10-/m1/s1. The molecule has 0 saturated carbocycles. The van der Waals surface area contributed by atoms with Crippen molar-refractivity contribution in [3.05, 3.63) is 24.2 Å². The highest BCUT2D eigenvalue weighted by molar-refractivity contribution is 5.73. The summed E-state index contributed by atoms with van der Waals surface area (Å²) < 4.78 is 5.38. The molecule has 6 nitrogen and oxygen atoms in total. The monoisotopic (exact) mass is 253 g/mol. The van der Waals surface area contributed by atoms with E-state index in [0.29, 0.717) is 19.7 Å². The average Bonchev–Trinajstić information content (AvgIpc) is 3.01. The predicted molar refractivity (Wildman–Crippen MR) is 65.8 cm³/mol. The van der Waals surface area contributed by atoms with E-state index in [9.17, 15) is 4.79 Å². The molecule has 1 aliphatic heterocycles. The Morgan fingerprint density at radius 1 is 1.61 bits per heavy atom. The van der Waals surface area contributed by atoms with E-state index in [4.69, 9.17) is 9.25 Å². The molecule has 0 radical (unpaired) electrons. The van der Waals surface area contributed by atoms with E-state index in [-0.39, 0.29) is 12.1 Å². The summed E-state index contributed by atoms with van der Waals surface area (Å²) in [7, 11) is 3.90. The molecule has 0 bridgehead atoms. The number of hydroxylamine groups is 2. The van der Waals surface area contributed by atoms with Crippen molar-refractivity contribution >= 4 is 6.03 Å². The lowest BCUT2D eigenvalue weighted by atomic mass is 10.2. The van der Waals surface area contributed by atoms with Gasteiger partial charge < -0.3 is 9.73 Å². The molecule has 1 aliphatic rings. The molecule has 1 fully saturated rings. The van der Waals surface area contributed by atoms with Gasteiger partial charge in [0.15, 0.2) is 0 Å². The Balaban J connectivity index is 1.88. The molecule has 0 spiro atoms. The zero-order valence-electron chi connectivity index (χ0n) is 10.8. The van der Waals surface area contributed by atoms with Crippen molar-refractivity contribution in [3.8, 4) is 0 Å². The van der Waals surface area contributed by atoms with Crippen molar-refractivity contribution in [2.24, 2.45) is 0 Å². The average molecular weight is 253 g/mol. The first-order valence-electron chi connectivity index (χ1n) is 6.06. The van der Waals surface area contributed by atoms with Gasteiger partial charge in [0.25, 0.3) is 0 Å². The number of likely N-dealkylation sites (N-methyl/N-ethyl adjacent to an activating group) is 1. The maximum Gasteiger partial charge on any atom is 0.341 e. The molecule has 2 amide bonds. The number of nitrogens with zero attached hydrogens (tertiary/aromatic N) is 2. The van der Waals surface area contributed by atoms with Crippen molar-refractivity contribution < 1.29 is 14.0 Å². The third-order valence-corrected chi connectivity index (χ3v) is 2.92. The van der Waals surface area contributed by atoms with Gasteiger partial charge in [0.2, 0.25) is 0 Å². The Kier molecular flexibility index (Phi) is 4.22. The summed E-state index contributed by atoms with van der Waals surface area (Å²) in [5.41, 5.74) is 0. The number of carbonyl (C=O) groups excluding carboxylic acids is 1. The van der Waals surface area contributed by atoms with Crippen LogP contribution in [0.2, 0.25) is 0 Å². The van der Waals surface area contributed by atoms with Gasteiger partial charge in [-0.1, -0.05) is 0 Å². The molecule has 100 valence electrons. The lowest BCUT2D eigenvalue weighted by Crippen LogP contribution is -2.41. The number of urea groups is 1. The second kappa shape index (κ2) is 5.88. The summed E-state index contributed by atoms with van der Waals surface area (Å²) >= 11 is 0. The zero-order chi connectivity index (χ0) is 13.0. The molecule has 6 heteroatoms. The molecule has 0 unspecified atom stereocenters. The van der Waals surface area contributed by atoms with Crippen LogP contribution in [0.5, 0.6) is 0 Å². The molecule has 1 aromatic rings. The Morgan fingerprint density at radius 2 is 2.44 bits per heavy atom. The molecule has 18 heavy (non-hydrogen) atoms. The molecule has 0 aliphatic carbocycles. The highest BCUT2D eigenvalue weighted by Crippen LogP contribution is 2.17. The molecule has 2 rings (SSSR count). The summed E-state index contributed by atoms with van der Waals surface area (Å²) in [5, 5.41) is 4.22. The van der Waals surface area contributed by atoms with Crippen LogP contribution in [0.15, 0.2) is 22.8 Å². The predicted octanol–water partition coefficient (Wildman–Crippen LogP) is 1.23. The molecule has 0 aromatic carbocycles. The van der Waals surface area contributed by atoms with Crippen LogP contribution in [0, 0.1) is 0 Å². The first kappa shape index (κ1) is 12.9.